The number of ketones is 1. The summed E-state index contributed by atoms with van der Waals surface area (Å²) < 4.78 is 40.4. The van der Waals surface area contributed by atoms with Crippen LogP contribution in [-0.2, 0) is 10.0 Å². The van der Waals surface area contributed by atoms with E-state index in [9.17, 15) is 17.6 Å². The third-order valence-corrected chi connectivity index (χ3v) is 5.95. The predicted octanol–water partition coefficient (Wildman–Crippen LogP) is 3.22. The molecule has 1 heterocycles. The highest BCUT2D eigenvalue weighted by Gasteiger charge is 2.32. The van der Waals surface area contributed by atoms with E-state index in [2.05, 4.69) is 0 Å². The Bertz CT molecular complexity index is 906. The van der Waals surface area contributed by atoms with Gasteiger partial charge in [0.05, 0.1) is 10.6 Å². The number of nitrogens with zero attached hydrogens (tertiary/aromatic N) is 1. The highest BCUT2D eigenvalue weighted by atomic mass is 32.2. The van der Waals surface area contributed by atoms with Crippen LogP contribution in [0.25, 0.3) is 0 Å². The Morgan fingerprint density at radius 2 is 1.78 bits per heavy atom. The lowest BCUT2D eigenvalue weighted by atomic mass is 10.0. The van der Waals surface area contributed by atoms with E-state index in [1.165, 1.54) is 16.4 Å². The van der Waals surface area contributed by atoms with Crippen LogP contribution < -0.4 is 4.31 Å². The van der Waals surface area contributed by atoms with Crippen LogP contribution in [0.4, 0.5) is 10.1 Å². The number of sulfonamides is 1. The molecule has 1 aliphatic heterocycles. The maximum atomic E-state index is 13.4. The molecule has 0 saturated heterocycles. The van der Waals surface area contributed by atoms with Crippen LogP contribution in [0.1, 0.15) is 27.9 Å². The third-order valence-electron chi connectivity index (χ3n) is 4.14. The van der Waals surface area contributed by atoms with E-state index in [1.54, 1.807) is 18.2 Å². The van der Waals surface area contributed by atoms with Crippen molar-refractivity contribution in [2.24, 2.45) is 0 Å². The number of carbonyl (C=O) groups excluding carboxylic acids is 1. The Morgan fingerprint density at radius 1 is 1.04 bits per heavy atom. The summed E-state index contributed by atoms with van der Waals surface area (Å²) in [5.41, 5.74) is 2.23. The van der Waals surface area contributed by atoms with Crippen molar-refractivity contribution in [3.8, 4) is 0 Å². The summed E-state index contributed by atoms with van der Waals surface area (Å²) in [5, 5.41) is 0. The predicted molar refractivity (Wildman–Crippen MR) is 85.8 cm³/mol. The van der Waals surface area contributed by atoms with Crippen LogP contribution in [-0.4, -0.2) is 20.7 Å². The average Bonchev–Trinajstić information content (AvgIpc) is 2.50. The maximum absolute atomic E-state index is 13.4. The van der Waals surface area contributed by atoms with Crippen LogP contribution in [0.3, 0.4) is 0 Å². The molecule has 23 heavy (non-hydrogen) atoms. The number of hydrogen-bond donors (Lipinski definition) is 0. The minimum absolute atomic E-state index is 0.0422. The topological polar surface area (TPSA) is 54.5 Å². The van der Waals surface area contributed by atoms with E-state index < -0.39 is 15.8 Å². The Morgan fingerprint density at radius 3 is 2.48 bits per heavy atom. The molecule has 0 atom stereocenters. The van der Waals surface area contributed by atoms with Gasteiger partial charge in [0.15, 0.2) is 5.78 Å². The van der Waals surface area contributed by atoms with E-state index in [0.29, 0.717) is 0 Å². The van der Waals surface area contributed by atoms with Crippen LogP contribution in [0.15, 0.2) is 41.3 Å². The van der Waals surface area contributed by atoms with Gasteiger partial charge in [0.1, 0.15) is 5.82 Å². The zero-order valence-electron chi connectivity index (χ0n) is 12.8. The molecule has 0 saturated carbocycles. The normalized spacial score (nSPS) is 14.7. The van der Waals surface area contributed by atoms with Gasteiger partial charge in [0.25, 0.3) is 10.0 Å². The van der Waals surface area contributed by atoms with E-state index in [0.717, 1.165) is 17.2 Å². The second kappa shape index (κ2) is 5.45. The molecule has 2 aromatic rings. The molecular weight excluding hydrogens is 317 g/mol. The number of benzene rings is 2. The summed E-state index contributed by atoms with van der Waals surface area (Å²) in [6, 6.07) is 8.53. The molecule has 0 unspecified atom stereocenters. The van der Waals surface area contributed by atoms with Gasteiger partial charge in [-0.05, 0) is 55.3 Å². The first-order valence-electron chi connectivity index (χ1n) is 7.23. The smallest absolute Gasteiger partial charge is 0.264 e. The van der Waals surface area contributed by atoms with Crippen LogP contribution in [0.2, 0.25) is 0 Å². The Hall–Kier alpha value is -2.21. The summed E-state index contributed by atoms with van der Waals surface area (Å²) in [5.74, 6) is -0.798. The Labute approximate surface area is 134 Å². The summed E-state index contributed by atoms with van der Waals surface area (Å²) in [4.78, 5) is 12.1. The standard InChI is InChI=1S/C17H16FNO3S/c1-11-3-5-14(9-12(11)2)23(21,22)19-8-7-17(20)15-10-13(18)4-6-16(15)19/h3-6,9-10H,7-8H2,1-2H3. The number of fused-ring (bicyclic) bond motifs is 1. The van der Waals surface area contributed by atoms with Gasteiger partial charge in [0.2, 0.25) is 0 Å². The number of anilines is 1. The van der Waals surface area contributed by atoms with E-state index in [4.69, 9.17) is 0 Å². The number of Topliss-reactive ketones (excluding diaryl/α,β-unsaturated/α-hetero) is 1. The zero-order valence-corrected chi connectivity index (χ0v) is 13.7. The largest absolute Gasteiger partial charge is 0.294 e. The lowest BCUT2D eigenvalue weighted by Crippen LogP contribution is -2.37. The van der Waals surface area contributed by atoms with E-state index in [1.807, 2.05) is 13.8 Å². The summed E-state index contributed by atoms with van der Waals surface area (Å²) in [6.07, 6.45) is 0.0422. The van der Waals surface area contributed by atoms with E-state index >= 15 is 0 Å². The molecule has 0 amide bonds. The van der Waals surface area contributed by atoms with Crippen molar-refractivity contribution in [2.45, 2.75) is 25.2 Å². The van der Waals surface area contributed by atoms with Crippen molar-refractivity contribution >= 4 is 21.5 Å². The molecule has 0 N–H and O–H groups in total. The Kier molecular flexibility index (Phi) is 3.72. The average molecular weight is 333 g/mol. The van der Waals surface area contributed by atoms with Gasteiger partial charge in [-0.3, -0.25) is 9.10 Å². The molecule has 0 fully saturated rings. The van der Waals surface area contributed by atoms with Crippen molar-refractivity contribution in [1.29, 1.82) is 0 Å². The SMILES string of the molecule is Cc1ccc(S(=O)(=O)N2CCC(=O)c3cc(F)ccc32)cc1C. The van der Waals surface area contributed by atoms with Crippen LogP contribution >= 0.6 is 0 Å². The number of carbonyl (C=O) groups is 1. The van der Waals surface area contributed by atoms with Crippen molar-refractivity contribution in [3.05, 3.63) is 58.9 Å². The number of halogens is 1. The van der Waals surface area contributed by atoms with Gasteiger partial charge < -0.3 is 0 Å². The molecule has 0 aromatic heterocycles. The first-order chi connectivity index (χ1) is 10.8. The van der Waals surface area contributed by atoms with Crippen LogP contribution in [0.5, 0.6) is 0 Å². The van der Waals surface area contributed by atoms with Gasteiger partial charge in [-0.1, -0.05) is 6.07 Å². The lowest BCUT2D eigenvalue weighted by molar-refractivity contribution is 0.0981. The summed E-state index contributed by atoms with van der Waals surface area (Å²) in [7, 11) is -3.79. The minimum Gasteiger partial charge on any atom is -0.294 e. The molecule has 0 bridgehead atoms. The lowest BCUT2D eigenvalue weighted by Gasteiger charge is -2.29. The van der Waals surface area contributed by atoms with Gasteiger partial charge in [-0.2, -0.15) is 0 Å². The molecule has 0 aliphatic carbocycles. The zero-order chi connectivity index (χ0) is 16.8. The van der Waals surface area contributed by atoms with Crippen molar-refractivity contribution in [1.82, 2.24) is 0 Å². The van der Waals surface area contributed by atoms with Crippen LogP contribution in [0, 0.1) is 19.7 Å². The van der Waals surface area contributed by atoms with Crippen molar-refractivity contribution < 1.29 is 17.6 Å². The quantitative estimate of drug-likeness (QED) is 0.848. The highest BCUT2D eigenvalue weighted by Crippen LogP contribution is 2.32. The molecule has 2 aromatic carbocycles. The molecule has 0 radical (unpaired) electrons. The monoisotopic (exact) mass is 333 g/mol. The molecule has 120 valence electrons. The molecule has 4 nitrogen and oxygen atoms in total. The van der Waals surface area contributed by atoms with Gasteiger partial charge >= 0.3 is 0 Å². The molecule has 1 aliphatic rings. The second-order valence-corrected chi connectivity index (χ2v) is 7.52. The minimum atomic E-state index is -3.79. The van der Waals surface area contributed by atoms with Gasteiger partial charge in [-0.25, -0.2) is 12.8 Å². The number of aryl methyl sites for hydroxylation is 2. The van der Waals surface area contributed by atoms with Gasteiger partial charge in [0, 0.05) is 18.5 Å². The third kappa shape index (κ3) is 2.63. The number of hydrogen-bond acceptors (Lipinski definition) is 3. The highest BCUT2D eigenvalue weighted by molar-refractivity contribution is 7.92. The first kappa shape index (κ1) is 15.7. The second-order valence-electron chi connectivity index (χ2n) is 5.66. The van der Waals surface area contributed by atoms with Crippen molar-refractivity contribution in [2.75, 3.05) is 10.8 Å². The van der Waals surface area contributed by atoms with Crippen molar-refractivity contribution in [3.63, 3.8) is 0 Å². The fourth-order valence-corrected chi connectivity index (χ4v) is 4.23. The molecular formula is C17H16FNO3S. The Balaban J connectivity index is 2.13. The number of rotatable bonds is 2. The fraction of sp³-hybridized carbons (Fsp3) is 0.235. The van der Waals surface area contributed by atoms with E-state index in [-0.39, 0.29) is 34.9 Å². The molecule has 0 spiro atoms. The molecule has 3 rings (SSSR count). The summed E-state index contributed by atoms with van der Waals surface area (Å²) in [6.45, 7) is 3.81. The molecule has 6 heteroatoms. The first-order valence-corrected chi connectivity index (χ1v) is 8.67. The fourth-order valence-electron chi connectivity index (χ4n) is 2.66. The summed E-state index contributed by atoms with van der Waals surface area (Å²) >= 11 is 0. The van der Waals surface area contributed by atoms with Gasteiger partial charge in [-0.15, -0.1) is 0 Å². The maximum Gasteiger partial charge on any atom is 0.264 e.